The molecule has 0 aliphatic rings. The van der Waals surface area contributed by atoms with Gasteiger partial charge in [0.05, 0.1) is 6.10 Å². The fourth-order valence-corrected chi connectivity index (χ4v) is 2.14. The highest BCUT2D eigenvalue weighted by atomic mass is 16.3. The van der Waals surface area contributed by atoms with Crippen LogP contribution in [0.5, 0.6) is 0 Å². The van der Waals surface area contributed by atoms with E-state index in [1.807, 2.05) is 25.1 Å². The quantitative estimate of drug-likeness (QED) is 0.879. The summed E-state index contributed by atoms with van der Waals surface area (Å²) >= 11 is 0. The summed E-state index contributed by atoms with van der Waals surface area (Å²) in [7, 11) is 2.08. The highest BCUT2D eigenvalue weighted by Gasteiger charge is 2.06. The molecule has 2 rings (SSSR count). The molecule has 0 unspecified atom stereocenters. The molecule has 0 aromatic heterocycles. The van der Waals surface area contributed by atoms with E-state index in [0.717, 1.165) is 24.2 Å². The average molecular weight is 255 g/mol. The number of nitrogens with zero attached hydrogens (tertiary/aromatic N) is 1. The molecule has 2 aromatic carbocycles. The zero-order chi connectivity index (χ0) is 13.7. The molecular weight excluding hydrogens is 234 g/mol. The van der Waals surface area contributed by atoms with Crippen LogP contribution in [0.4, 0.5) is 5.69 Å². The Morgan fingerprint density at radius 1 is 1.00 bits per heavy atom. The number of benzene rings is 2. The van der Waals surface area contributed by atoms with E-state index < -0.39 is 0 Å². The van der Waals surface area contributed by atoms with Crippen LogP contribution >= 0.6 is 0 Å². The molecule has 0 aliphatic carbocycles. The van der Waals surface area contributed by atoms with Gasteiger partial charge in [-0.15, -0.1) is 0 Å². The average Bonchev–Trinajstić information content (AvgIpc) is 2.47. The van der Waals surface area contributed by atoms with E-state index in [0.29, 0.717) is 0 Å². The van der Waals surface area contributed by atoms with Gasteiger partial charge in [0.2, 0.25) is 0 Å². The Hall–Kier alpha value is -1.80. The summed E-state index contributed by atoms with van der Waals surface area (Å²) in [5.41, 5.74) is 3.44. The molecule has 1 N–H and O–H groups in total. The fourth-order valence-electron chi connectivity index (χ4n) is 2.14. The third-order valence-corrected chi connectivity index (χ3v) is 3.37. The predicted molar refractivity (Wildman–Crippen MR) is 80.2 cm³/mol. The molecule has 0 spiro atoms. The molecule has 2 heteroatoms. The van der Waals surface area contributed by atoms with E-state index in [4.69, 9.17) is 0 Å². The van der Waals surface area contributed by atoms with Crippen molar-refractivity contribution in [2.45, 2.75) is 26.0 Å². The minimum absolute atomic E-state index is 0.353. The fraction of sp³-hybridized carbons (Fsp3) is 0.294. The van der Waals surface area contributed by atoms with Gasteiger partial charge in [0.15, 0.2) is 0 Å². The molecule has 0 heterocycles. The normalized spacial score (nSPS) is 12.2. The van der Waals surface area contributed by atoms with Crippen molar-refractivity contribution in [1.82, 2.24) is 0 Å². The first-order valence-electron chi connectivity index (χ1n) is 6.73. The maximum Gasteiger partial charge on any atom is 0.0787 e. The Morgan fingerprint density at radius 3 is 2.21 bits per heavy atom. The van der Waals surface area contributed by atoms with Gasteiger partial charge in [0, 0.05) is 19.3 Å². The first kappa shape index (κ1) is 13.6. The minimum Gasteiger partial charge on any atom is -0.388 e. The van der Waals surface area contributed by atoms with Crippen molar-refractivity contribution in [3.05, 3.63) is 65.7 Å². The van der Waals surface area contributed by atoms with Crippen LogP contribution in [0, 0.1) is 0 Å². The zero-order valence-electron chi connectivity index (χ0n) is 11.6. The Kier molecular flexibility index (Phi) is 4.58. The van der Waals surface area contributed by atoms with Crippen LogP contribution in [0.2, 0.25) is 0 Å². The second-order valence-electron chi connectivity index (χ2n) is 4.86. The van der Waals surface area contributed by atoms with E-state index in [-0.39, 0.29) is 6.10 Å². The van der Waals surface area contributed by atoms with E-state index in [2.05, 4.69) is 48.3 Å². The molecule has 1 atom stereocenters. The van der Waals surface area contributed by atoms with Gasteiger partial charge < -0.3 is 10.0 Å². The van der Waals surface area contributed by atoms with Crippen LogP contribution in [0.25, 0.3) is 0 Å². The summed E-state index contributed by atoms with van der Waals surface area (Å²) in [6.45, 7) is 2.87. The number of rotatable bonds is 5. The molecule has 0 aliphatic heterocycles. The van der Waals surface area contributed by atoms with Crippen LogP contribution in [0.3, 0.4) is 0 Å². The molecule has 2 aromatic rings. The number of hydrogen-bond donors (Lipinski definition) is 1. The molecule has 19 heavy (non-hydrogen) atoms. The number of anilines is 1. The summed E-state index contributed by atoms with van der Waals surface area (Å²) in [6.07, 6.45) is 0.396. The summed E-state index contributed by atoms with van der Waals surface area (Å²) < 4.78 is 0. The topological polar surface area (TPSA) is 23.5 Å². The van der Waals surface area contributed by atoms with Gasteiger partial charge in [-0.3, -0.25) is 0 Å². The second-order valence-corrected chi connectivity index (χ2v) is 4.86. The SMILES string of the molecule is CC[C@H](O)c1ccc(N(C)Cc2ccccc2)cc1. The lowest BCUT2D eigenvalue weighted by Crippen LogP contribution is -2.16. The molecule has 0 amide bonds. The number of hydrogen-bond acceptors (Lipinski definition) is 2. The lowest BCUT2D eigenvalue weighted by molar-refractivity contribution is 0.173. The van der Waals surface area contributed by atoms with Crippen molar-refractivity contribution in [1.29, 1.82) is 0 Å². The predicted octanol–water partition coefficient (Wildman–Crippen LogP) is 3.77. The molecule has 2 nitrogen and oxygen atoms in total. The van der Waals surface area contributed by atoms with Gasteiger partial charge in [-0.2, -0.15) is 0 Å². The smallest absolute Gasteiger partial charge is 0.0787 e. The van der Waals surface area contributed by atoms with Crippen molar-refractivity contribution < 1.29 is 5.11 Å². The minimum atomic E-state index is -0.353. The van der Waals surface area contributed by atoms with E-state index in [1.165, 1.54) is 5.56 Å². The third kappa shape index (κ3) is 3.58. The van der Waals surface area contributed by atoms with E-state index in [1.54, 1.807) is 0 Å². The second kappa shape index (κ2) is 6.39. The molecule has 0 fully saturated rings. The summed E-state index contributed by atoms with van der Waals surface area (Å²) in [5.74, 6) is 0. The highest BCUT2D eigenvalue weighted by Crippen LogP contribution is 2.21. The third-order valence-electron chi connectivity index (χ3n) is 3.37. The van der Waals surface area contributed by atoms with Crippen LogP contribution < -0.4 is 4.90 Å². The van der Waals surface area contributed by atoms with Gasteiger partial charge in [-0.1, -0.05) is 49.4 Å². The zero-order valence-corrected chi connectivity index (χ0v) is 11.6. The molecule has 100 valence electrons. The van der Waals surface area contributed by atoms with Crippen LogP contribution in [0.15, 0.2) is 54.6 Å². The highest BCUT2D eigenvalue weighted by molar-refractivity contribution is 5.47. The molecule has 0 saturated heterocycles. The van der Waals surface area contributed by atoms with Gasteiger partial charge in [0.1, 0.15) is 0 Å². The summed E-state index contributed by atoms with van der Waals surface area (Å²) in [5, 5.41) is 9.78. The van der Waals surface area contributed by atoms with E-state index in [9.17, 15) is 5.11 Å². The van der Waals surface area contributed by atoms with Gasteiger partial charge in [-0.05, 0) is 29.7 Å². The van der Waals surface area contributed by atoms with Crippen molar-refractivity contribution in [3.63, 3.8) is 0 Å². The number of aliphatic hydroxyl groups is 1. The Bertz CT molecular complexity index is 492. The molecule has 0 bridgehead atoms. The first-order valence-corrected chi connectivity index (χ1v) is 6.73. The molecule has 0 saturated carbocycles. The molecule has 0 radical (unpaired) electrons. The van der Waals surface area contributed by atoms with Gasteiger partial charge >= 0.3 is 0 Å². The van der Waals surface area contributed by atoms with E-state index >= 15 is 0 Å². The monoisotopic (exact) mass is 255 g/mol. The van der Waals surface area contributed by atoms with Gasteiger partial charge in [-0.25, -0.2) is 0 Å². The first-order chi connectivity index (χ1) is 9.20. The van der Waals surface area contributed by atoms with Crippen molar-refractivity contribution in [2.24, 2.45) is 0 Å². The summed E-state index contributed by atoms with van der Waals surface area (Å²) in [6, 6.07) is 18.6. The van der Waals surface area contributed by atoms with Crippen molar-refractivity contribution in [2.75, 3.05) is 11.9 Å². The maximum atomic E-state index is 9.78. The van der Waals surface area contributed by atoms with Crippen molar-refractivity contribution in [3.8, 4) is 0 Å². The van der Waals surface area contributed by atoms with Crippen LogP contribution in [0.1, 0.15) is 30.6 Å². The van der Waals surface area contributed by atoms with Gasteiger partial charge in [0.25, 0.3) is 0 Å². The Labute approximate surface area is 115 Å². The van der Waals surface area contributed by atoms with Crippen LogP contribution in [-0.2, 0) is 6.54 Å². The van der Waals surface area contributed by atoms with Crippen molar-refractivity contribution >= 4 is 5.69 Å². The Morgan fingerprint density at radius 2 is 1.63 bits per heavy atom. The standard InChI is InChI=1S/C17H21NO/c1-3-17(19)15-9-11-16(12-10-15)18(2)13-14-7-5-4-6-8-14/h4-12,17,19H,3,13H2,1-2H3/t17-/m0/s1. The molecular formula is C17H21NO. The van der Waals surface area contributed by atoms with Crippen LogP contribution in [-0.4, -0.2) is 12.2 Å². The summed E-state index contributed by atoms with van der Waals surface area (Å²) in [4.78, 5) is 2.21. The lowest BCUT2D eigenvalue weighted by atomic mass is 10.1. The number of aliphatic hydroxyl groups excluding tert-OH is 1. The maximum absolute atomic E-state index is 9.78. The largest absolute Gasteiger partial charge is 0.388 e. The lowest BCUT2D eigenvalue weighted by Gasteiger charge is -2.20. The Balaban J connectivity index is 2.05.